The van der Waals surface area contributed by atoms with Crippen LogP contribution >= 0.6 is 0 Å². The molecule has 0 heterocycles. The number of halogens is 1. The first-order valence-corrected chi connectivity index (χ1v) is 19.5. The van der Waals surface area contributed by atoms with Crippen LogP contribution in [-0.2, 0) is 5.41 Å². The molecule has 54 heavy (non-hydrogen) atoms. The first-order valence-electron chi connectivity index (χ1n) is 19.5. The maximum absolute atomic E-state index is 12.9. The molecule has 0 aliphatic heterocycles. The molecule has 2 aromatic carbocycles. The van der Waals surface area contributed by atoms with Gasteiger partial charge in [-0.15, -0.1) is 9.60 Å². The number of ether oxygens (including phenoxy) is 2. The summed E-state index contributed by atoms with van der Waals surface area (Å²) in [5, 5.41) is 25.1. The molecule has 0 saturated carbocycles. The van der Waals surface area contributed by atoms with Crippen molar-refractivity contribution in [2.24, 2.45) is 0 Å². The fourth-order valence-electron chi connectivity index (χ4n) is 5.74. The number of aliphatic hydroxyl groups is 2. The zero-order valence-corrected chi connectivity index (χ0v) is 35.3. The van der Waals surface area contributed by atoms with Crippen molar-refractivity contribution in [2.75, 3.05) is 161 Å². The summed E-state index contributed by atoms with van der Waals surface area (Å²) >= 11 is 0. The van der Waals surface area contributed by atoms with Gasteiger partial charge in [0.15, 0.2) is 0 Å². The average Bonchev–Trinajstić information content (AvgIpc) is 3.14. The molecule has 2 rings (SSSR count). The molecule has 0 radical (unpaired) electrons. The molecule has 12 nitrogen and oxygen atoms in total. The molecule has 3 N–H and O–H groups in total. The summed E-state index contributed by atoms with van der Waals surface area (Å²) in [5.41, 5.74) is 2.06. The Morgan fingerprint density at radius 3 is 1.39 bits per heavy atom. The molecular weight excluding hydrogens is 688 g/mol. The van der Waals surface area contributed by atoms with E-state index in [4.69, 9.17) is 9.47 Å². The van der Waals surface area contributed by atoms with Gasteiger partial charge < -0.3 is 54.4 Å². The van der Waals surface area contributed by atoms with Crippen LogP contribution < -0.4 is 14.8 Å². The monoisotopic (exact) mass is 763 g/mol. The molecule has 0 amide bonds. The van der Waals surface area contributed by atoms with Gasteiger partial charge in [0.05, 0.1) is 0 Å². The van der Waals surface area contributed by atoms with E-state index in [9.17, 15) is 14.7 Å². The molecular formula is C41H75FN8O4. The van der Waals surface area contributed by atoms with Gasteiger partial charge in [-0.2, -0.15) is 0 Å². The first-order chi connectivity index (χ1) is 25.5. The van der Waals surface area contributed by atoms with E-state index < -0.39 is 12.2 Å². The third-order valence-electron chi connectivity index (χ3n) is 9.92. The van der Waals surface area contributed by atoms with Crippen molar-refractivity contribution in [1.29, 1.82) is 0 Å². The van der Waals surface area contributed by atoms with Gasteiger partial charge >= 0.3 is 0 Å². The third kappa shape index (κ3) is 20.5. The molecule has 0 aliphatic rings. The van der Waals surface area contributed by atoms with Crippen molar-refractivity contribution < 1.29 is 24.2 Å². The Kier molecular flexibility index (Phi) is 22.7. The van der Waals surface area contributed by atoms with E-state index in [0.717, 1.165) is 88.1 Å². The number of nitrogens with one attached hydrogen (secondary N) is 1. The minimum atomic E-state index is -0.606. The number of hydrogen-bond donors (Lipinski definition) is 3. The SMILES string of the molecule is CN(C)CCN(C)CCN(C)CCNCC(O)COc1ccc(C(C)(C)c2ccc(OCC(O)CN(C)CCN(C)CCN(C)CCN(C)F)cc2)cc1. The van der Waals surface area contributed by atoms with Crippen LogP contribution in [0.5, 0.6) is 11.5 Å². The number of nitrogens with zero attached hydrogens (tertiary/aromatic N) is 7. The molecule has 0 saturated heterocycles. The van der Waals surface area contributed by atoms with Crippen molar-refractivity contribution in [1.82, 2.24) is 39.8 Å². The molecule has 13 heteroatoms. The lowest BCUT2D eigenvalue weighted by Gasteiger charge is -2.27. The van der Waals surface area contributed by atoms with Gasteiger partial charge in [0, 0.05) is 104 Å². The van der Waals surface area contributed by atoms with E-state index in [2.05, 4.69) is 108 Å². The van der Waals surface area contributed by atoms with E-state index in [1.165, 1.54) is 7.05 Å². The van der Waals surface area contributed by atoms with E-state index in [1.54, 1.807) is 0 Å². The topological polar surface area (TPSA) is 93.6 Å². The predicted molar refractivity (Wildman–Crippen MR) is 221 cm³/mol. The second-order valence-corrected chi connectivity index (χ2v) is 15.9. The Morgan fingerprint density at radius 1 is 0.556 bits per heavy atom. The maximum Gasteiger partial charge on any atom is 0.119 e. The Bertz CT molecular complexity index is 1240. The third-order valence-corrected chi connectivity index (χ3v) is 9.92. The molecule has 0 aromatic heterocycles. The summed E-state index contributed by atoms with van der Waals surface area (Å²) in [5.74, 6) is 1.45. The summed E-state index contributed by atoms with van der Waals surface area (Å²) < 4.78 is 24.8. The zero-order valence-electron chi connectivity index (χ0n) is 35.3. The molecule has 0 aliphatic carbocycles. The average molecular weight is 763 g/mol. The minimum Gasteiger partial charge on any atom is -0.491 e. The van der Waals surface area contributed by atoms with Crippen LogP contribution in [0.1, 0.15) is 25.0 Å². The second kappa shape index (κ2) is 25.7. The van der Waals surface area contributed by atoms with Crippen molar-refractivity contribution in [3.05, 3.63) is 59.7 Å². The number of likely N-dealkylation sites (N-methyl/N-ethyl adjacent to an activating group) is 7. The van der Waals surface area contributed by atoms with E-state index >= 15 is 0 Å². The summed E-state index contributed by atoms with van der Waals surface area (Å²) in [6, 6.07) is 16.2. The standard InChI is InChI=1S/C41H75FN8O4/c1-41(2,35-11-15-39(16-12-35)53-33-37(51)31-43-19-20-45(5)23-24-46(6)22-21-44(3)4)36-13-17-40(18-14-36)54-34-38(52)32-49(9)28-27-47(7)25-26-48(8)29-30-50(10)42/h11-18,37-38,43,51-52H,19-34H2,1-10H3. The summed E-state index contributed by atoms with van der Waals surface area (Å²) in [7, 11) is 16.0. The molecule has 0 bridgehead atoms. The Morgan fingerprint density at radius 2 is 0.944 bits per heavy atom. The normalized spacial score (nSPS) is 13.7. The van der Waals surface area contributed by atoms with Crippen molar-refractivity contribution in [3.8, 4) is 11.5 Å². The molecule has 2 unspecified atom stereocenters. The van der Waals surface area contributed by atoms with Crippen LogP contribution in [0.15, 0.2) is 48.5 Å². The lowest BCUT2D eigenvalue weighted by Crippen LogP contribution is -2.39. The summed E-state index contributed by atoms with van der Waals surface area (Å²) in [6.07, 6.45) is -1.20. The predicted octanol–water partition coefficient (Wildman–Crippen LogP) is 2.12. The van der Waals surface area contributed by atoms with Crippen molar-refractivity contribution in [3.63, 3.8) is 0 Å². The highest BCUT2D eigenvalue weighted by Gasteiger charge is 2.23. The van der Waals surface area contributed by atoms with Gasteiger partial charge in [0.2, 0.25) is 0 Å². The van der Waals surface area contributed by atoms with Crippen LogP contribution in [0.2, 0.25) is 0 Å². The smallest absolute Gasteiger partial charge is 0.119 e. The van der Waals surface area contributed by atoms with Gasteiger partial charge in [-0.1, -0.05) is 38.1 Å². The largest absolute Gasteiger partial charge is 0.491 e. The quantitative estimate of drug-likeness (QED) is 0.0805. The molecule has 2 aromatic rings. The first kappa shape index (κ1) is 47.7. The Hall–Kier alpha value is -2.43. The van der Waals surface area contributed by atoms with Gasteiger partial charge in [0.25, 0.3) is 0 Å². The van der Waals surface area contributed by atoms with Gasteiger partial charge in [0.1, 0.15) is 36.9 Å². The van der Waals surface area contributed by atoms with Gasteiger partial charge in [-0.3, -0.25) is 0 Å². The lowest BCUT2D eigenvalue weighted by atomic mass is 9.78. The van der Waals surface area contributed by atoms with Gasteiger partial charge in [-0.25, -0.2) is 0 Å². The second-order valence-electron chi connectivity index (χ2n) is 15.9. The van der Waals surface area contributed by atoms with E-state index in [-0.39, 0.29) is 18.6 Å². The van der Waals surface area contributed by atoms with Crippen LogP contribution in [-0.4, -0.2) is 218 Å². The number of hydrogen-bond acceptors (Lipinski definition) is 12. The maximum atomic E-state index is 12.9. The van der Waals surface area contributed by atoms with Crippen LogP contribution in [0.25, 0.3) is 0 Å². The highest BCUT2D eigenvalue weighted by Crippen LogP contribution is 2.33. The number of aliphatic hydroxyl groups excluding tert-OH is 2. The zero-order chi connectivity index (χ0) is 40.1. The summed E-state index contributed by atoms with van der Waals surface area (Å²) in [4.78, 5) is 13.4. The fraction of sp³-hybridized carbons (Fsp3) is 0.707. The summed E-state index contributed by atoms with van der Waals surface area (Å²) in [6.45, 7) is 16.3. The minimum absolute atomic E-state index is 0.218. The fourth-order valence-corrected chi connectivity index (χ4v) is 5.74. The highest BCUT2D eigenvalue weighted by atomic mass is 19.2. The lowest BCUT2D eigenvalue weighted by molar-refractivity contribution is 0.0491. The van der Waals surface area contributed by atoms with Gasteiger partial charge in [-0.05, 0) is 84.7 Å². The van der Waals surface area contributed by atoms with Crippen molar-refractivity contribution in [2.45, 2.75) is 31.5 Å². The number of benzene rings is 2. The van der Waals surface area contributed by atoms with Crippen molar-refractivity contribution >= 4 is 0 Å². The van der Waals surface area contributed by atoms with Crippen LogP contribution in [0.3, 0.4) is 0 Å². The Balaban J connectivity index is 1.67. The number of rotatable bonds is 30. The Labute approximate surface area is 327 Å². The van der Waals surface area contributed by atoms with E-state index in [1.807, 2.05) is 38.4 Å². The highest BCUT2D eigenvalue weighted by molar-refractivity contribution is 5.41. The molecule has 0 fully saturated rings. The molecule has 2 atom stereocenters. The molecule has 0 spiro atoms. The van der Waals surface area contributed by atoms with Crippen LogP contribution in [0, 0.1) is 0 Å². The van der Waals surface area contributed by atoms with Crippen LogP contribution in [0.4, 0.5) is 4.48 Å². The molecule has 310 valence electrons. The van der Waals surface area contributed by atoms with E-state index in [0.29, 0.717) is 31.3 Å².